The molecular weight excluding hydrogens is 428 g/mol. The predicted molar refractivity (Wildman–Crippen MR) is 109 cm³/mol. The molecule has 10 heteroatoms. The quantitative estimate of drug-likeness (QED) is 0.411. The number of phenols is 1. The van der Waals surface area contributed by atoms with Crippen LogP contribution in [0, 0.1) is 11.8 Å². The van der Waals surface area contributed by atoms with E-state index in [0.717, 1.165) is 0 Å². The smallest absolute Gasteiger partial charge is 0.255 e. The zero-order valence-electron chi connectivity index (χ0n) is 16.7. The molecule has 1 saturated carbocycles. The molecular formula is C21H21ClN2O7. The minimum Gasteiger partial charge on any atom is -0.508 e. The minimum atomic E-state index is -2.63. The fourth-order valence-corrected chi connectivity index (χ4v) is 5.47. The first-order valence-electron chi connectivity index (χ1n) is 9.57. The second-order valence-electron chi connectivity index (χ2n) is 8.42. The Balaban J connectivity index is 1.98. The number of carbonyl (C=O) groups excluding carboxylic acids is 3. The van der Waals surface area contributed by atoms with Crippen molar-refractivity contribution in [3.8, 4) is 5.75 Å². The number of amides is 1. The van der Waals surface area contributed by atoms with Crippen LogP contribution in [-0.2, 0) is 20.8 Å². The summed E-state index contributed by atoms with van der Waals surface area (Å²) in [5, 5.41) is 43.5. The molecule has 4 atom stereocenters. The molecule has 9 nitrogen and oxygen atoms in total. The standard InChI is InChI=1S/C21H21ClN2O7/c1-24(2)15-10-5-8-3-7-4-9(22)6-11(25)12(7)16(26)13(8)18(28)21(10,31)19(29)14(17(15)27)20(23)30/h4,6,8,10,15,25-26,29,31H,3,5H2,1-2H3,(H2,23,30)/t8?,10?,15-,21-/m0/s1. The lowest BCUT2D eigenvalue weighted by Crippen LogP contribution is -2.65. The number of fused-ring (bicyclic) bond motifs is 3. The van der Waals surface area contributed by atoms with Crippen molar-refractivity contribution in [1.82, 2.24) is 4.90 Å². The number of halogens is 1. The number of aliphatic hydroxyl groups excluding tert-OH is 2. The third-order valence-electron chi connectivity index (χ3n) is 6.49. The Hall–Kier alpha value is -2.88. The van der Waals surface area contributed by atoms with Gasteiger partial charge in [-0.05, 0) is 50.6 Å². The van der Waals surface area contributed by atoms with Crippen LogP contribution in [0.3, 0.4) is 0 Å². The fraction of sp³-hybridized carbons (Fsp3) is 0.381. The number of hydrogen-bond acceptors (Lipinski definition) is 8. The molecule has 4 rings (SSSR count). The largest absolute Gasteiger partial charge is 0.508 e. The highest BCUT2D eigenvalue weighted by Crippen LogP contribution is 2.52. The summed E-state index contributed by atoms with van der Waals surface area (Å²) in [6.45, 7) is 0. The highest BCUT2D eigenvalue weighted by Gasteiger charge is 2.64. The molecule has 0 heterocycles. The molecule has 1 aromatic rings. The molecule has 3 aliphatic rings. The summed E-state index contributed by atoms with van der Waals surface area (Å²) in [6, 6.07) is 1.67. The average Bonchev–Trinajstić information content (AvgIpc) is 2.63. The number of phenolic OH excluding ortho intramolecular Hbond substituents is 1. The average molecular weight is 449 g/mol. The van der Waals surface area contributed by atoms with Crippen molar-refractivity contribution in [2.24, 2.45) is 17.6 Å². The lowest BCUT2D eigenvalue weighted by Gasteiger charge is -2.50. The molecule has 3 aliphatic carbocycles. The number of aromatic hydroxyl groups is 1. The normalized spacial score (nSPS) is 30.3. The number of nitrogens with two attached hydrogens (primary N) is 1. The summed E-state index contributed by atoms with van der Waals surface area (Å²) in [4.78, 5) is 39.8. The van der Waals surface area contributed by atoms with Crippen molar-refractivity contribution in [3.63, 3.8) is 0 Å². The van der Waals surface area contributed by atoms with Crippen LogP contribution in [0.15, 0.2) is 29.0 Å². The molecule has 0 spiro atoms. The summed E-state index contributed by atoms with van der Waals surface area (Å²) in [5.74, 6) is -6.78. The van der Waals surface area contributed by atoms with Crippen LogP contribution in [0.2, 0.25) is 5.02 Å². The zero-order valence-corrected chi connectivity index (χ0v) is 17.5. The van der Waals surface area contributed by atoms with E-state index in [1.165, 1.54) is 11.0 Å². The number of primary amides is 1. The topological polar surface area (TPSA) is 161 Å². The molecule has 31 heavy (non-hydrogen) atoms. The number of rotatable bonds is 2. The highest BCUT2D eigenvalue weighted by atomic mass is 35.5. The predicted octanol–water partition coefficient (Wildman–Crippen LogP) is 0.617. The minimum absolute atomic E-state index is 0.0145. The number of benzene rings is 1. The van der Waals surface area contributed by atoms with Gasteiger partial charge in [0.05, 0.1) is 11.6 Å². The van der Waals surface area contributed by atoms with Crippen LogP contribution in [0.1, 0.15) is 17.5 Å². The lowest BCUT2D eigenvalue weighted by molar-refractivity contribution is -0.153. The van der Waals surface area contributed by atoms with Crippen LogP contribution in [0.4, 0.5) is 0 Å². The fourth-order valence-electron chi connectivity index (χ4n) is 5.23. The summed E-state index contributed by atoms with van der Waals surface area (Å²) in [7, 11) is 3.09. The van der Waals surface area contributed by atoms with E-state index in [4.69, 9.17) is 17.3 Å². The number of likely N-dealkylation sites (N-methyl/N-ethyl adjacent to an activating group) is 1. The van der Waals surface area contributed by atoms with Gasteiger partial charge >= 0.3 is 0 Å². The molecule has 2 unspecified atom stereocenters. The van der Waals surface area contributed by atoms with Crippen molar-refractivity contribution in [1.29, 1.82) is 0 Å². The first kappa shape index (κ1) is 21.4. The maximum absolute atomic E-state index is 13.5. The second-order valence-corrected chi connectivity index (χ2v) is 8.86. The van der Waals surface area contributed by atoms with Crippen LogP contribution in [-0.4, -0.2) is 68.5 Å². The monoisotopic (exact) mass is 448 g/mol. The molecule has 1 fully saturated rings. The van der Waals surface area contributed by atoms with Gasteiger partial charge in [0.15, 0.2) is 11.4 Å². The van der Waals surface area contributed by atoms with Crippen molar-refractivity contribution in [2.45, 2.75) is 24.5 Å². The second kappa shape index (κ2) is 6.81. The SMILES string of the molecule is CN(C)[C@@H]1C(=O)C(C(N)=O)=C(O)[C@@]2(O)C(=O)C3=C(O)c4c(O)cc(Cl)cc4CC3CC12. The van der Waals surface area contributed by atoms with Gasteiger partial charge in [0.1, 0.15) is 22.8 Å². The number of nitrogens with zero attached hydrogens (tertiary/aromatic N) is 1. The van der Waals surface area contributed by atoms with E-state index in [9.17, 15) is 34.8 Å². The molecule has 0 aromatic heterocycles. The molecule has 0 radical (unpaired) electrons. The zero-order chi connectivity index (χ0) is 23.0. The van der Waals surface area contributed by atoms with E-state index in [-0.39, 0.29) is 34.8 Å². The van der Waals surface area contributed by atoms with E-state index >= 15 is 0 Å². The Kier molecular flexibility index (Phi) is 4.69. The summed E-state index contributed by atoms with van der Waals surface area (Å²) in [6.07, 6.45) is 0.252. The van der Waals surface area contributed by atoms with Gasteiger partial charge in [0.2, 0.25) is 5.78 Å². The molecule has 164 valence electrons. The molecule has 1 aromatic carbocycles. The number of aliphatic hydroxyl groups is 3. The van der Waals surface area contributed by atoms with E-state index < -0.39 is 58.0 Å². The molecule has 1 amide bonds. The molecule has 0 saturated heterocycles. The van der Waals surface area contributed by atoms with E-state index in [1.54, 1.807) is 20.2 Å². The van der Waals surface area contributed by atoms with Gasteiger partial charge in [-0.3, -0.25) is 19.3 Å². The molecule has 0 aliphatic heterocycles. The van der Waals surface area contributed by atoms with E-state index in [0.29, 0.717) is 5.56 Å². The Labute approximate surface area is 182 Å². The number of hydrogen-bond donors (Lipinski definition) is 5. The van der Waals surface area contributed by atoms with Crippen LogP contribution in [0.25, 0.3) is 5.76 Å². The maximum Gasteiger partial charge on any atom is 0.255 e. The first-order chi connectivity index (χ1) is 14.4. The summed E-state index contributed by atoms with van der Waals surface area (Å²) < 4.78 is 0. The van der Waals surface area contributed by atoms with Crippen molar-refractivity contribution < 1.29 is 34.8 Å². The molecule has 0 bridgehead atoms. The number of carbonyl (C=O) groups is 3. The van der Waals surface area contributed by atoms with Gasteiger partial charge in [-0.15, -0.1) is 0 Å². The highest BCUT2D eigenvalue weighted by molar-refractivity contribution is 6.31. The van der Waals surface area contributed by atoms with Crippen molar-refractivity contribution >= 4 is 34.8 Å². The van der Waals surface area contributed by atoms with Gasteiger partial charge in [-0.25, -0.2) is 0 Å². The maximum atomic E-state index is 13.5. The first-order valence-corrected chi connectivity index (χ1v) is 9.95. The number of ketones is 2. The lowest BCUT2D eigenvalue weighted by atomic mass is 9.57. The Morgan fingerprint density at radius 3 is 2.45 bits per heavy atom. The Morgan fingerprint density at radius 2 is 1.87 bits per heavy atom. The molecule has 6 N–H and O–H groups in total. The van der Waals surface area contributed by atoms with Crippen molar-refractivity contribution in [2.75, 3.05) is 14.1 Å². The summed E-state index contributed by atoms with van der Waals surface area (Å²) in [5.41, 5.74) is 2.13. The van der Waals surface area contributed by atoms with Crippen molar-refractivity contribution in [3.05, 3.63) is 45.2 Å². The third kappa shape index (κ3) is 2.73. The Morgan fingerprint density at radius 1 is 1.23 bits per heavy atom. The van der Waals surface area contributed by atoms with Gasteiger partial charge in [0.25, 0.3) is 5.91 Å². The van der Waals surface area contributed by atoms with Crippen LogP contribution in [0.5, 0.6) is 5.75 Å². The van der Waals surface area contributed by atoms with E-state index in [2.05, 4.69) is 0 Å². The van der Waals surface area contributed by atoms with Gasteiger partial charge < -0.3 is 26.2 Å². The van der Waals surface area contributed by atoms with Gasteiger partial charge in [0, 0.05) is 16.5 Å². The third-order valence-corrected chi connectivity index (χ3v) is 6.71. The Bertz CT molecular complexity index is 1120. The van der Waals surface area contributed by atoms with Gasteiger partial charge in [-0.2, -0.15) is 0 Å². The van der Waals surface area contributed by atoms with E-state index in [1.807, 2.05) is 0 Å². The van der Waals surface area contributed by atoms with Crippen LogP contribution >= 0.6 is 11.6 Å². The van der Waals surface area contributed by atoms with Gasteiger partial charge in [-0.1, -0.05) is 11.6 Å². The summed E-state index contributed by atoms with van der Waals surface area (Å²) >= 11 is 6.02. The number of Topliss-reactive ketones (excluding diaryl/α,β-unsaturated/α-hetero) is 2. The van der Waals surface area contributed by atoms with Crippen LogP contribution < -0.4 is 5.73 Å².